The van der Waals surface area contributed by atoms with Gasteiger partial charge in [-0.3, -0.25) is 4.79 Å². The van der Waals surface area contributed by atoms with Crippen molar-refractivity contribution in [3.8, 4) is 11.6 Å². The van der Waals surface area contributed by atoms with Gasteiger partial charge in [0.25, 0.3) is 5.88 Å². The van der Waals surface area contributed by atoms with Crippen LogP contribution in [0, 0.1) is 23.2 Å². The molecule has 7 atom stereocenters. The number of rotatable bonds is 11. The van der Waals surface area contributed by atoms with Crippen LogP contribution in [0.25, 0.3) is 11.0 Å². The van der Waals surface area contributed by atoms with Gasteiger partial charge in [0.15, 0.2) is 5.15 Å². The van der Waals surface area contributed by atoms with E-state index in [1.165, 1.54) is 24.9 Å². The zero-order valence-electron chi connectivity index (χ0n) is 27.3. The maximum Gasteiger partial charge on any atom is 0.408 e. The maximum absolute atomic E-state index is 14.2. The van der Waals surface area contributed by atoms with Crippen LogP contribution in [0.4, 0.5) is 4.79 Å². The molecule has 7 unspecified atom stereocenters. The van der Waals surface area contributed by atoms with Gasteiger partial charge in [0.05, 0.1) is 31.8 Å². The minimum atomic E-state index is -0.972. The van der Waals surface area contributed by atoms with Gasteiger partial charge in [0, 0.05) is 12.5 Å². The Kier molecular flexibility index (Phi) is 10.3. The number of ether oxygens (including phenoxy) is 4. The Balaban J connectivity index is 1.30. The lowest BCUT2D eigenvalue weighted by molar-refractivity contribution is -0.152. The van der Waals surface area contributed by atoms with E-state index in [0.717, 1.165) is 25.7 Å². The van der Waals surface area contributed by atoms with E-state index < -0.39 is 41.6 Å². The van der Waals surface area contributed by atoms with Gasteiger partial charge in [-0.15, -0.1) is 6.58 Å². The molecule has 3 fully saturated rings. The number of carbonyl (C=O) groups is 3. The Labute approximate surface area is 275 Å². The fourth-order valence-electron chi connectivity index (χ4n) is 7.18. The van der Waals surface area contributed by atoms with Crippen LogP contribution in [-0.2, 0) is 19.1 Å². The third-order valence-corrected chi connectivity index (χ3v) is 9.96. The van der Waals surface area contributed by atoms with Crippen molar-refractivity contribution in [1.29, 1.82) is 0 Å². The third kappa shape index (κ3) is 7.19. The average molecular weight is 657 g/mol. The Morgan fingerprint density at radius 3 is 2.59 bits per heavy atom. The van der Waals surface area contributed by atoms with E-state index >= 15 is 0 Å². The van der Waals surface area contributed by atoms with Gasteiger partial charge in [-0.05, 0) is 73.8 Å². The molecule has 1 saturated heterocycles. The molecule has 0 bridgehead atoms. The first-order valence-electron chi connectivity index (χ1n) is 16.1. The summed E-state index contributed by atoms with van der Waals surface area (Å²) in [5.74, 6) is 1.16. The lowest BCUT2D eigenvalue weighted by atomic mass is 9.71. The summed E-state index contributed by atoms with van der Waals surface area (Å²) in [5, 5.41) is 2.92. The summed E-state index contributed by atoms with van der Waals surface area (Å²) in [6, 6.07) is 3.30. The standard InChI is InChI=1S/C34H45ClN4O7/c1-7-8-9-10-23-22-13-11-19(22)15-27(23)46-33(42)38-28(34(2,3)4)31(40)39-18-21(17-26(39)32(41)44-6)45-30-29(35)36-24-14-12-20(43-5)16-25(24)37-30/h7,12,14,16,19,21-23,26-28H,1,8-11,13,15,17-18H2,2-6H3,(H,38,42). The number of hydrogen-bond donors (Lipinski definition) is 1. The number of aromatic nitrogens is 2. The molecular formula is C34H45ClN4O7. The molecule has 12 heteroatoms. The average Bonchev–Trinajstić information content (AvgIpc) is 3.52. The number of allylic oxidation sites excluding steroid dienone is 1. The largest absolute Gasteiger partial charge is 0.497 e. The van der Waals surface area contributed by atoms with Crippen LogP contribution in [0.5, 0.6) is 11.6 Å². The number of fused-ring (bicyclic) bond motifs is 2. The Hall–Kier alpha value is -3.60. The van der Waals surface area contributed by atoms with Crippen molar-refractivity contribution < 1.29 is 33.3 Å². The van der Waals surface area contributed by atoms with Crippen molar-refractivity contribution in [1.82, 2.24) is 20.2 Å². The molecule has 0 spiro atoms. The number of likely N-dealkylation sites (tertiary alicyclic amines) is 1. The number of halogens is 1. The van der Waals surface area contributed by atoms with Gasteiger partial charge >= 0.3 is 12.1 Å². The van der Waals surface area contributed by atoms with Crippen LogP contribution in [0.2, 0.25) is 5.15 Å². The number of nitrogens with zero attached hydrogens (tertiary/aromatic N) is 3. The summed E-state index contributed by atoms with van der Waals surface area (Å²) in [4.78, 5) is 50.8. The third-order valence-electron chi connectivity index (χ3n) is 9.72. The fourth-order valence-corrected chi connectivity index (χ4v) is 7.36. The van der Waals surface area contributed by atoms with Gasteiger partial charge in [-0.2, -0.15) is 0 Å². The number of nitrogens with one attached hydrogen (secondary N) is 1. The Bertz CT molecular complexity index is 1460. The van der Waals surface area contributed by atoms with Crippen LogP contribution in [0.15, 0.2) is 30.9 Å². The Morgan fingerprint density at radius 2 is 1.93 bits per heavy atom. The van der Waals surface area contributed by atoms with Crippen LogP contribution in [0.3, 0.4) is 0 Å². The van der Waals surface area contributed by atoms with E-state index in [1.807, 2.05) is 26.8 Å². The number of alkyl carbamates (subject to hydrolysis) is 1. The summed E-state index contributed by atoms with van der Waals surface area (Å²) in [5.41, 5.74) is 0.385. The van der Waals surface area contributed by atoms with E-state index in [4.69, 9.17) is 30.5 Å². The van der Waals surface area contributed by atoms with Gasteiger partial charge in [0.2, 0.25) is 5.91 Å². The second kappa shape index (κ2) is 14.0. The quantitative estimate of drug-likeness (QED) is 0.183. The normalized spacial score (nSPS) is 26.1. The van der Waals surface area contributed by atoms with Crippen molar-refractivity contribution in [3.05, 3.63) is 36.0 Å². The van der Waals surface area contributed by atoms with E-state index in [9.17, 15) is 14.4 Å². The first-order valence-corrected chi connectivity index (χ1v) is 16.5. The SMILES string of the molecule is C=CCCCC1C(OC(=O)NC(C(=O)N2CC(Oc3nc4cc(OC)ccc4nc3Cl)CC2C(=O)OC)C(C)(C)C)CC2CCC21. The van der Waals surface area contributed by atoms with Gasteiger partial charge < -0.3 is 29.2 Å². The van der Waals surface area contributed by atoms with E-state index in [1.54, 1.807) is 25.3 Å². The first kappa shape index (κ1) is 33.8. The molecule has 2 aromatic rings. The van der Waals surface area contributed by atoms with Crippen molar-refractivity contribution in [3.63, 3.8) is 0 Å². The number of carbonyl (C=O) groups excluding carboxylic acids is 3. The van der Waals surface area contributed by atoms with Crippen LogP contribution in [0.1, 0.15) is 65.7 Å². The highest BCUT2D eigenvalue weighted by molar-refractivity contribution is 6.31. The number of amides is 2. The summed E-state index contributed by atoms with van der Waals surface area (Å²) in [6.07, 6.45) is 6.76. The predicted octanol–water partition coefficient (Wildman–Crippen LogP) is 5.73. The van der Waals surface area contributed by atoms with Crippen LogP contribution in [-0.4, -0.2) is 77.9 Å². The van der Waals surface area contributed by atoms with Crippen LogP contribution < -0.4 is 14.8 Å². The summed E-state index contributed by atoms with van der Waals surface area (Å²) < 4.78 is 22.5. The molecule has 0 radical (unpaired) electrons. The minimum absolute atomic E-state index is 0.0490. The molecule has 5 rings (SSSR count). The molecule has 2 aliphatic carbocycles. The van der Waals surface area contributed by atoms with Crippen molar-refractivity contribution >= 4 is 40.6 Å². The molecule has 1 aromatic carbocycles. The number of hydrogen-bond acceptors (Lipinski definition) is 9. The summed E-state index contributed by atoms with van der Waals surface area (Å²) in [6.45, 7) is 9.46. The fraction of sp³-hybridized carbons (Fsp3) is 0.618. The topological polar surface area (TPSA) is 129 Å². The highest BCUT2D eigenvalue weighted by atomic mass is 35.5. The minimum Gasteiger partial charge on any atom is -0.497 e. The molecule has 2 heterocycles. The molecule has 250 valence electrons. The smallest absolute Gasteiger partial charge is 0.408 e. The van der Waals surface area contributed by atoms with Gasteiger partial charge in [0.1, 0.15) is 30.0 Å². The van der Waals surface area contributed by atoms with E-state index in [-0.39, 0.29) is 30.1 Å². The predicted molar refractivity (Wildman–Crippen MR) is 173 cm³/mol. The molecular weight excluding hydrogens is 612 g/mol. The first-order chi connectivity index (χ1) is 21.9. The van der Waals surface area contributed by atoms with Crippen molar-refractivity contribution in [2.75, 3.05) is 20.8 Å². The van der Waals surface area contributed by atoms with Gasteiger partial charge in [-0.1, -0.05) is 38.4 Å². The molecule has 3 aliphatic rings. The lowest BCUT2D eigenvalue weighted by Gasteiger charge is -2.35. The molecule has 11 nitrogen and oxygen atoms in total. The lowest BCUT2D eigenvalue weighted by Crippen LogP contribution is -2.57. The number of esters is 1. The number of methoxy groups -OCH3 is 2. The zero-order valence-corrected chi connectivity index (χ0v) is 28.0. The highest BCUT2D eigenvalue weighted by Crippen LogP contribution is 2.53. The van der Waals surface area contributed by atoms with Crippen molar-refractivity contribution in [2.24, 2.45) is 23.2 Å². The van der Waals surface area contributed by atoms with E-state index in [2.05, 4.69) is 21.9 Å². The summed E-state index contributed by atoms with van der Waals surface area (Å²) >= 11 is 6.42. The van der Waals surface area contributed by atoms with Crippen molar-refractivity contribution in [2.45, 2.75) is 90.0 Å². The molecule has 1 aliphatic heterocycles. The van der Waals surface area contributed by atoms with E-state index in [0.29, 0.717) is 34.5 Å². The maximum atomic E-state index is 14.2. The number of benzene rings is 1. The molecule has 2 amide bonds. The zero-order chi connectivity index (χ0) is 33.2. The molecule has 1 N–H and O–H groups in total. The van der Waals surface area contributed by atoms with Gasteiger partial charge in [-0.25, -0.2) is 19.6 Å². The highest BCUT2D eigenvalue weighted by Gasteiger charge is 2.50. The second-order valence-electron chi connectivity index (χ2n) is 13.7. The molecule has 46 heavy (non-hydrogen) atoms. The summed E-state index contributed by atoms with van der Waals surface area (Å²) in [7, 11) is 2.83. The molecule has 1 aromatic heterocycles. The number of unbranched alkanes of at least 4 members (excludes halogenated alkanes) is 1. The molecule has 2 saturated carbocycles. The monoisotopic (exact) mass is 656 g/mol. The Morgan fingerprint density at radius 1 is 1.15 bits per heavy atom. The van der Waals surface area contributed by atoms with Crippen LogP contribution >= 0.6 is 11.6 Å². The second-order valence-corrected chi connectivity index (χ2v) is 14.0.